The van der Waals surface area contributed by atoms with Gasteiger partial charge in [0.15, 0.2) is 6.10 Å². The Bertz CT molecular complexity index is 876. The van der Waals surface area contributed by atoms with E-state index >= 15 is 0 Å². The van der Waals surface area contributed by atoms with Crippen molar-refractivity contribution in [1.82, 2.24) is 10.2 Å². The highest BCUT2D eigenvalue weighted by Crippen LogP contribution is 2.20. The Morgan fingerprint density at radius 2 is 1.86 bits per heavy atom. The molecule has 3 rings (SSSR count). The summed E-state index contributed by atoms with van der Waals surface area (Å²) in [4.78, 5) is 20.1. The van der Waals surface area contributed by atoms with Gasteiger partial charge in [0.2, 0.25) is 0 Å². The van der Waals surface area contributed by atoms with Crippen molar-refractivity contribution in [2.75, 3.05) is 6.54 Å². The number of nitrogens with one attached hydrogen (secondary N) is 1. The van der Waals surface area contributed by atoms with Crippen molar-refractivity contribution < 1.29 is 14.0 Å². The highest BCUT2D eigenvalue weighted by atomic mass is 35.5. The second kappa shape index (κ2) is 8.82. The SMILES string of the molecule is CC(C)(C)NC(=O)N(Cc1ccc(F)cc1)C[C@@H]1CC(c2ccc(Cl)cc2)=NO1. The third kappa shape index (κ3) is 6.19. The van der Waals surface area contributed by atoms with Crippen LogP contribution in [-0.2, 0) is 11.4 Å². The Hall–Kier alpha value is -2.60. The molecule has 0 spiro atoms. The molecule has 0 unspecified atom stereocenters. The van der Waals surface area contributed by atoms with Gasteiger partial charge in [0.25, 0.3) is 0 Å². The van der Waals surface area contributed by atoms with Gasteiger partial charge in [0.1, 0.15) is 5.82 Å². The van der Waals surface area contributed by atoms with Gasteiger partial charge in [-0.15, -0.1) is 0 Å². The molecule has 7 heteroatoms. The van der Waals surface area contributed by atoms with Crippen LogP contribution in [0.3, 0.4) is 0 Å². The molecule has 1 heterocycles. The van der Waals surface area contributed by atoms with Crippen molar-refractivity contribution in [3.05, 3.63) is 70.5 Å². The minimum atomic E-state index is -0.375. The monoisotopic (exact) mass is 417 g/mol. The number of urea groups is 1. The lowest BCUT2D eigenvalue weighted by Gasteiger charge is -2.29. The average molecular weight is 418 g/mol. The summed E-state index contributed by atoms with van der Waals surface area (Å²) in [6.45, 7) is 6.48. The van der Waals surface area contributed by atoms with Crippen LogP contribution in [0, 0.1) is 5.82 Å². The molecular formula is C22H25ClFN3O2. The molecule has 0 aromatic heterocycles. The zero-order chi connectivity index (χ0) is 21.0. The molecular weight excluding hydrogens is 393 g/mol. The van der Waals surface area contributed by atoms with E-state index in [1.807, 2.05) is 45.0 Å². The maximum atomic E-state index is 13.2. The van der Waals surface area contributed by atoms with E-state index in [1.54, 1.807) is 17.0 Å². The summed E-state index contributed by atoms with van der Waals surface area (Å²) in [6.07, 6.45) is 0.330. The summed E-state index contributed by atoms with van der Waals surface area (Å²) >= 11 is 5.94. The van der Waals surface area contributed by atoms with Crippen LogP contribution >= 0.6 is 11.6 Å². The lowest BCUT2D eigenvalue weighted by molar-refractivity contribution is 0.0580. The molecule has 0 saturated carbocycles. The molecule has 1 aliphatic heterocycles. The third-order valence-corrected chi connectivity index (χ3v) is 4.64. The number of amides is 2. The van der Waals surface area contributed by atoms with E-state index in [9.17, 15) is 9.18 Å². The van der Waals surface area contributed by atoms with E-state index in [0.29, 0.717) is 24.5 Å². The quantitative estimate of drug-likeness (QED) is 0.745. The number of carbonyl (C=O) groups is 1. The number of oxime groups is 1. The van der Waals surface area contributed by atoms with E-state index in [0.717, 1.165) is 16.8 Å². The Morgan fingerprint density at radius 1 is 1.21 bits per heavy atom. The lowest BCUT2D eigenvalue weighted by Crippen LogP contribution is -2.50. The molecule has 2 amide bonds. The number of carbonyl (C=O) groups excluding carboxylic acids is 1. The normalized spacial score (nSPS) is 16.2. The molecule has 29 heavy (non-hydrogen) atoms. The van der Waals surface area contributed by atoms with Crippen molar-refractivity contribution in [1.29, 1.82) is 0 Å². The van der Waals surface area contributed by atoms with Crippen molar-refractivity contribution in [3.8, 4) is 0 Å². The van der Waals surface area contributed by atoms with E-state index in [4.69, 9.17) is 16.4 Å². The van der Waals surface area contributed by atoms with Gasteiger partial charge in [-0.25, -0.2) is 9.18 Å². The fourth-order valence-electron chi connectivity index (χ4n) is 3.01. The first-order valence-electron chi connectivity index (χ1n) is 9.50. The molecule has 5 nitrogen and oxygen atoms in total. The minimum absolute atomic E-state index is 0.203. The molecule has 2 aromatic rings. The van der Waals surface area contributed by atoms with Crippen LogP contribution in [0.1, 0.15) is 38.3 Å². The number of halogens is 2. The Morgan fingerprint density at radius 3 is 2.48 bits per heavy atom. The van der Waals surface area contributed by atoms with Crippen LogP contribution in [0.25, 0.3) is 0 Å². The molecule has 1 N–H and O–H groups in total. The average Bonchev–Trinajstić information content (AvgIpc) is 3.11. The topological polar surface area (TPSA) is 53.9 Å². The molecule has 0 aliphatic carbocycles. The molecule has 0 radical (unpaired) electrons. The zero-order valence-electron chi connectivity index (χ0n) is 16.8. The van der Waals surface area contributed by atoms with E-state index < -0.39 is 0 Å². The first kappa shape index (κ1) is 21.1. The fraction of sp³-hybridized carbons (Fsp3) is 0.364. The minimum Gasteiger partial charge on any atom is -0.390 e. The first-order chi connectivity index (χ1) is 13.7. The zero-order valence-corrected chi connectivity index (χ0v) is 17.5. The number of nitrogens with zero attached hydrogens (tertiary/aromatic N) is 2. The summed E-state index contributed by atoms with van der Waals surface area (Å²) < 4.78 is 13.2. The summed E-state index contributed by atoms with van der Waals surface area (Å²) in [5, 5.41) is 7.83. The molecule has 1 atom stereocenters. The molecule has 154 valence electrons. The standard InChI is InChI=1S/C22H25ClFN3O2/c1-22(2,3)25-21(28)27(13-15-4-10-18(24)11-5-15)14-19-12-20(26-29-19)16-6-8-17(23)9-7-16/h4-11,19H,12-14H2,1-3H3,(H,25,28)/t19-/m0/s1. The van der Waals surface area contributed by atoms with Crippen molar-refractivity contribution in [2.45, 2.75) is 45.4 Å². The van der Waals surface area contributed by atoms with Gasteiger partial charge in [0, 0.05) is 23.5 Å². The summed E-state index contributed by atoms with van der Waals surface area (Å²) in [5.41, 5.74) is 2.23. The van der Waals surface area contributed by atoms with Crippen LogP contribution in [-0.4, -0.2) is 34.8 Å². The van der Waals surface area contributed by atoms with Gasteiger partial charge in [0.05, 0.1) is 12.3 Å². The fourth-order valence-corrected chi connectivity index (χ4v) is 3.14. The molecule has 0 saturated heterocycles. The van der Waals surface area contributed by atoms with Gasteiger partial charge >= 0.3 is 6.03 Å². The highest BCUT2D eigenvalue weighted by Gasteiger charge is 2.28. The summed E-state index contributed by atoms with van der Waals surface area (Å²) in [7, 11) is 0. The highest BCUT2D eigenvalue weighted by molar-refractivity contribution is 6.30. The van der Waals surface area contributed by atoms with Gasteiger partial charge in [-0.05, 0) is 56.2 Å². The number of hydrogen-bond acceptors (Lipinski definition) is 3. The second-order valence-corrected chi connectivity index (χ2v) is 8.60. The van der Waals surface area contributed by atoms with Crippen LogP contribution in [0.5, 0.6) is 0 Å². The Labute approximate surface area is 175 Å². The number of hydrogen-bond donors (Lipinski definition) is 1. The van der Waals surface area contributed by atoms with Crippen molar-refractivity contribution in [2.24, 2.45) is 5.16 Å². The van der Waals surface area contributed by atoms with E-state index in [1.165, 1.54) is 12.1 Å². The summed E-state index contributed by atoms with van der Waals surface area (Å²) in [6, 6.07) is 13.4. The second-order valence-electron chi connectivity index (χ2n) is 8.16. The maximum Gasteiger partial charge on any atom is 0.318 e. The van der Waals surface area contributed by atoms with Crippen LogP contribution in [0.15, 0.2) is 53.7 Å². The molecule has 2 aromatic carbocycles. The van der Waals surface area contributed by atoms with E-state index in [2.05, 4.69) is 10.5 Å². The van der Waals surface area contributed by atoms with Crippen LogP contribution in [0.4, 0.5) is 9.18 Å². The van der Waals surface area contributed by atoms with Crippen molar-refractivity contribution in [3.63, 3.8) is 0 Å². The number of benzene rings is 2. The predicted octanol–water partition coefficient (Wildman–Crippen LogP) is 4.98. The van der Waals surface area contributed by atoms with Gasteiger partial charge in [-0.1, -0.05) is 41.0 Å². The molecule has 1 aliphatic rings. The first-order valence-corrected chi connectivity index (χ1v) is 9.87. The van der Waals surface area contributed by atoms with Crippen molar-refractivity contribution >= 4 is 23.3 Å². The smallest absolute Gasteiger partial charge is 0.318 e. The van der Waals surface area contributed by atoms with Crippen LogP contribution < -0.4 is 5.32 Å². The largest absolute Gasteiger partial charge is 0.390 e. The predicted molar refractivity (Wildman–Crippen MR) is 113 cm³/mol. The van der Waals surface area contributed by atoms with E-state index in [-0.39, 0.29) is 23.5 Å². The van der Waals surface area contributed by atoms with Gasteiger partial charge in [-0.2, -0.15) is 0 Å². The van der Waals surface area contributed by atoms with Gasteiger partial charge < -0.3 is 15.1 Å². The maximum absolute atomic E-state index is 13.2. The Balaban J connectivity index is 1.68. The van der Waals surface area contributed by atoms with Crippen LogP contribution in [0.2, 0.25) is 5.02 Å². The van der Waals surface area contributed by atoms with Gasteiger partial charge in [-0.3, -0.25) is 0 Å². The molecule has 0 bridgehead atoms. The molecule has 0 fully saturated rings. The lowest BCUT2D eigenvalue weighted by atomic mass is 10.0. The third-order valence-electron chi connectivity index (χ3n) is 4.39. The Kier molecular flexibility index (Phi) is 6.42. The summed E-state index contributed by atoms with van der Waals surface area (Å²) in [5.74, 6) is -0.306. The number of rotatable bonds is 5.